The van der Waals surface area contributed by atoms with Crippen molar-refractivity contribution in [1.29, 1.82) is 0 Å². The van der Waals surface area contributed by atoms with E-state index in [0.717, 1.165) is 0 Å². The summed E-state index contributed by atoms with van der Waals surface area (Å²) in [6.45, 7) is 0. The summed E-state index contributed by atoms with van der Waals surface area (Å²) in [5.41, 5.74) is 0. The van der Waals surface area contributed by atoms with Gasteiger partial charge in [0.05, 0.1) is 0 Å². The third-order valence-corrected chi connectivity index (χ3v) is 4.12. The van der Waals surface area contributed by atoms with Crippen molar-refractivity contribution in [3.63, 3.8) is 0 Å². The maximum Gasteiger partial charge on any atom is 1.00 e. The van der Waals surface area contributed by atoms with Crippen molar-refractivity contribution in [2.45, 2.75) is 0 Å². The molecule has 1 rings (SSSR count). The average Bonchev–Trinajstić information content (AvgIpc) is 1.72. The number of allylic oxidation sites excluding steroid dienone is 3. The molecule has 0 N–H and O–H groups in total. The number of hydrogen-bond acceptors (Lipinski definition) is 0. The Hall–Kier alpha value is 1.27. The Morgan fingerprint density at radius 1 is 1.14 bits per heavy atom. The second kappa shape index (κ2) is 5.41. The molecule has 2 heteroatoms. The molecule has 0 bridgehead atoms. The molecule has 1 heterocycles. The van der Waals surface area contributed by atoms with E-state index in [4.69, 9.17) is 0 Å². The van der Waals surface area contributed by atoms with Crippen LogP contribution in [-0.2, 0) is 0 Å². The van der Waals surface area contributed by atoms with Crippen LogP contribution in [0.15, 0.2) is 21.9 Å². The van der Waals surface area contributed by atoms with Crippen LogP contribution < -0.4 is 29.6 Å². The summed E-state index contributed by atoms with van der Waals surface area (Å²) in [7, 11) is 0. The number of rotatable bonds is 0. The van der Waals surface area contributed by atoms with Crippen molar-refractivity contribution in [3.05, 3.63) is 21.9 Å². The normalized spacial score (nSPS) is 12.6. The average molecular weight is 293 g/mol. The Morgan fingerprint density at radius 3 is 2.14 bits per heavy atom. The molecule has 0 spiro atoms. The number of hydrogen-bond donors (Lipinski definition) is 0. The van der Waals surface area contributed by atoms with Gasteiger partial charge in [-0.3, -0.25) is 0 Å². The summed E-state index contributed by atoms with van der Waals surface area (Å²) >= 11 is -0.380. The summed E-state index contributed by atoms with van der Waals surface area (Å²) in [6.07, 6.45) is 6.38. The molecule has 0 amide bonds. The molecule has 1 aliphatic rings. The van der Waals surface area contributed by atoms with Gasteiger partial charge in [-0.2, -0.15) is 0 Å². The van der Waals surface area contributed by atoms with Crippen LogP contribution in [0.3, 0.4) is 0 Å². The van der Waals surface area contributed by atoms with Crippen LogP contribution in [0, 0.1) is 0 Å². The second-order valence-corrected chi connectivity index (χ2v) is 5.64. The Kier molecular flexibility index (Phi) is 6.39. The van der Waals surface area contributed by atoms with E-state index < -0.39 is 0 Å². The fraction of sp³-hybridized carbons (Fsp3) is 0. The molecule has 1 aliphatic heterocycles. The first-order chi connectivity index (χ1) is 3.00. The monoisotopic (exact) mass is 294 g/mol. The van der Waals surface area contributed by atoms with Gasteiger partial charge in [0.2, 0.25) is 0 Å². The van der Waals surface area contributed by atoms with Gasteiger partial charge in [-0.25, -0.2) is 0 Å². The smallest absolute Gasteiger partial charge is 1.00 e. The zero-order chi connectivity index (χ0) is 4.24. The van der Waals surface area contributed by atoms with Gasteiger partial charge in [-0.05, 0) is 0 Å². The van der Waals surface area contributed by atoms with Crippen LogP contribution in [0.4, 0.5) is 0 Å². The molecule has 0 nitrogen and oxygen atoms in total. The Labute approximate surface area is 79.1 Å². The van der Waals surface area contributed by atoms with E-state index in [1.54, 1.807) is 0 Å². The third kappa shape index (κ3) is 3.82. The fourth-order valence-electron chi connectivity index (χ4n) is 0.385. The van der Waals surface area contributed by atoms with Crippen molar-refractivity contribution in [2.24, 2.45) is 0 Å². The molecule has 0 aromatic heterocycles. The molecule has 30 valence electrons. The maximum absolute atomic E-state index is 2.33. The summed E-state index contributed by atoms with van der Waals surface area (Å²) in [5.74, 6) is 0. The minimum Gasteiger partial charge on any atom is -1.00 e. The predicted molar refractivity (Wildman–Crippen MR) is 31.2 cm³/mol. The first-order valence-electron chi connectivity index (χ1n) is 2.00. The summed E-state index contributed by atoms with van der Waals surface area (Å²) < 4.78 is 4.67. The minimum absolute atomic E-state index is 0. The van der Waals surface area contributed by atoms with E-state index >= 15 is 0 Å². The predicted octanol–water partition coefficient (Wildman–Crippen LogP) is -2.31. The first kappa shape index (κ1) is 8.27. The van der Waals surface area contributed by atoms with Crippen molar-refractivity contribution in [3.8, 4) is 0 Å². The maximum atomic E-state index is 2.33. The van der Waals surface area contributed by atoms with Crippen molar-refractivity contribution in [1.82, 2.24) is 0 Å². The van der Waals surface area contributed by atoms with Gasteiger partial charge in [0.15, 0.2) is 0 Å². The molecular weight excluding hydrogens is 287 g/mol. The second-order valence-electron chi connectivity index (χ2n) is 1.15. The van der Waals surface area contributed by atoms with E-state index in [1.165, 1.54) is 0 Å². The van der Waals surface area contributed by atoms with Gasteiger partial charge in [-0.15, -0.1) is 0 Å². The van der Waals surface area contributed by atoms with E-state index in [0.29, 0.717) is 0 Å². The Morgan fingerprint density at radius 2 is 2.00 bits per heavy atom. The zero-order valence-corrected chi connectivity index (χ0v) is 11.0. The van der Waals surface area contributed by atoms with E-state index in [2.05, 4.69) is 25.4 Å². The van der Waals surface area contributed by atoms with Crippen LogP contribution >= 0.6 is 0 Å². The molecular formula is C5H6NaTl. The zero-order valence-electron chi connectivity index (χ0n) is 5.46. The van der Waals surface area contributed by atoms with Crippen LogP contribution in [-0.4, -0.2) is 27.3 Å². The molecule has 0 aliphatic carbocycles. The molecule has 0 aromatic rings. The quantitative estimate of drug-likeness (QED) is 0.441. The Bertz CT molecular complexity index is 81.8. The van der Waals surface area contributed by atoms with Gasteiger partial charge in [0, 0.05) is 0 Å². The van der Waals surface area contributed by atoms with Gasteiger partial charge >= 0.3 is 78.7 Å². The van der Waals surface area contributed by atoms with Gasteiger partial charge in [0.25, 0.3) is 0 Å². The SMILES string of the molecule is C1=C[CH]=[Tl][CH]=C1.[H-].[Na+]. The van der Waals surface area contributed by atoms with Gasteiger partial charge in [-0.1, -0.05) is 0 Å². The van der Waals surface area contributed by atoms with E-state index in [9.17, 15) is 0 Å². The Balaban J connectivity index is 0. The van der Waals surface area contributed by atoms with Crippen molar-refractivity contribution in [2.75, 3.05) is 0 Å². The molecule has 0 radical (unpaired) electrons. The van der Waals surface area contributed by atoms with Crippen molar-refractivity contribution < 1.29 is 31.0 Å². The topological polar surface area (TPSA) is 0 Å². The molecule has 0 fully saturated rings. The molecule has 0 atom stereocenters. The summed E-state index contributed by atoms with van der Waals surface area (Å²) in [6, 6.07) is 0. The standard InChI is InChI=1S/C5H5.Na.Tl.H/c1-3-5-4-2;;;/h1-5H;;;/q;+1;;-1. The van der Waals surface area contributed by atoms with Crippen LogP contribution in [0.1, 0.15) is 1.43 Å². The van der Waals surface area contributed by atoms with Gasteiger partial charge < -0.3 is 1.43 Å². The van der Waals surface area contributed by atoms with Crippen molar-refractivity contribution >= 4 is 27.3 Å². The molecule has 7 heavy (non-hydrogen) atoms. The molecule has 0 saturated heterocycles. The van der Waals surface area contributed by atoms with E-state index in [-0.39, 0.29) is 54.7 Å². The third-order valence-electron chi connectivity index (χ3n) is 0.667. The molecule has 0 unspecified atom stereocenters. The molecule has 0 saturated carbocycles. The van der Waals surface area contributed by atoms with Crippen LogP contribution in [0.5, 0.6) is 0 Å². The molecule has 0 aromatic carbocycles. The van der Waals surface area contributed by atoms with E-state index in [1.807, 2.05) is 0 Å². The first-order valence-corrected chi connectivity index (χ1v) is 7.18. The largest absolute Gasteiger partial charge is 1.00 e. The van der Waals surface area contributed by atoms with Crippen LogP contribution in [0.25, 0.3) is 0 Å². The minimum atomic E-state index is -0.380. The van der Waals surface area contributed by atoms with Gasteiger partial charge in [0.1, 0.15) is 0 Å². The summed E-state index contributed by atoms with van der Waals surface area (Å²) in [5, 5.41) is 0. The van der Waals surface area contributed by atoms with Crippen LogP contribution in [0.2, 0.25) is 0 Å². The fourth-order valence-corrected chi connectivity index (χ4v) is 2.88. The summed E-state index contributed by atoms with van der Waals surface area (Å²) in [4.78, 5) is 0.